The summed E-state index contributed by atoms with van der Waals surface area (Å²) in [6.45, 7) is 20.6. The van der Waals surface area contributed by atoms with E-state index in [1.54, 1.807) is 0 Å². The molecule has 0 saturated carbocycles. The van der Waals surface area contributed by atoms with Gasteiger partial charge in [0, 0.05) is 0 Å². The van der Waals surface area contributed by atoms with Crippen LogP contribution in [0.5, 0.6) is 0 Å². The Morgan fingerprint density at radius 1 is 0.857 bits per heavy atom. The Kier molecular flexibility index (Phi) is 5.62. The topological polar surface area (TPSA) is 43.4 Å². The summed E-state index contributed by atoms with van der Waals surface area (Å²) < 4.78 is 5.35. The summed E-state index contributed by atoms with van der Waals surface area (Å²) in [5.41, 5.74) is -0.208. The first-order chi connectivity index (χ1) is 12.8. The molecule has 6 heteroatoms. The Hall–Kier alpha value is -0.0900. The third-order valence-corrected chi connectivity index (χ3v) is 17.4. The Morgan fingerprint density at radius 3 is 1.71 bits per heavy atom. The fraction of sp³-hybridized carbons (Fsp3) is 0.818. The van der Waals surface area contributed by atoms with Crippen molar-refractivity contribution < 1.29 is 14.3 Å². The fourth-order valence-electron chi connectivity index (χ4n) is 4.34. The molecule has 2 bridgehead atoms. The second kappa shape index (κ2) is 6.97. The molecular weight excluding hydrogens is 405 g/mol. The second-order valence-electron chi connectivity index (χ2n) is 10.3. The van der Waals surface area contributed by atoms with Crippen molar-refractivity contribution in [3.63, 3.8) is 0 Å². The van der Waals surface area contributed by atoms with Gasteiger partial charge in [-0.2, -0.15) is 0 Å². The highest BCUT2D eigenvalue weighted by atomic mass is 31.2. The molecule has 4 aliphatic rings. The second-order valence-corrected chi connectivity index (χ2v) is 16.3. The van der Waals surface area contributed by atoms with Crippen LogP contribution < -0.4 is 0 Å². The van der Waals surface area contributed by atoms with Crippen molar-refractivity contribution in [2.75, 3.05) is 0 Å². The molecule has 1 saturated heterocycles. The van der Waals surface area contributed by atoms with Crippen molar-refractivity contribution in [1.82, 2.24) is 0 Å². The molecule has 4 heterocycles. The largest absolute Gasteiger partial charge is 0.392 e. The molecule has 3 nitrogen and oxygen atoms in total. The highest BCUT2D eigenvalue weighted by molar-refractivity contribution is 8.07. The predicted molar refractivity (Wildman–Crippen MR) is 124 cm³/mol. The Balaban J connectivity index is 2.40. The average Bonchev–Trinajstić information content (AvgIpc) is 2.97. The molecular formula is C22H35O3P3. The zero-order valence-electron chi connectivity index (χ0n) is 18.8. The van der Waals surface area contributed by atoms with E-state index in [-0.39, 0.29) is 44.7 Å². The summed E-state index contributed by atoms with van der Waals surface area (Å²) >= 11 is 0. The van der Waals surface area contributed by atoms with E-state index in [9.17, 15) is 9.59 Å². The molecule has 156 valence electrons. The van der Waals surface area contributed by atoms with Gasteiger partial charge < -0.3 is 4.74 Å². The van der Waals surface area contributed by atoms with Crippen LogP contribution in [0.4, 0.5) is 0 Å². The lowest BCUT2D eigenvalue weighted by Gasteiger charge is -2.58. The highest BCUT2D eigenvalue weighted by Gasteiger charge is 2.69. The molecule has 0 amide bonds. The summed E-state index contributed by atoms with van der Waals surface area (Å²) in [4.78, 5) is 25.7. The molecule has 2 atom stereocenters. The van der Waals surface area contributed by atoms with Gasteiger partial charge >= 0.3 is 11.9 Å². The monoisotopic (exact) mass is 440 g/mol. The van der Waals surface area contributed by atoms with Crippen LogP contribution in [0.25, 0.3) is 0 Å². The Bertz CT molecular complexity index is 742. The molecule has 0 aromatic rings. The zero-order chi connectivity index (χ0) is 21.3. The minimum Gasteiger partial charge on any atom is -0.392 e. The van der Waals surface area contributed by atoms with Gasteiger partial charge in [-0.1, -0.05) is 78.7 Å². The van der Waals surface area contributed by atoms with Gasteiger partial charge in [0.25, 0.3) is 0 Å². The van der Waals surface area contributed by atoms with Crippen LogP contribution in [-0.4, -0.2) is 32.6 Å². The van der Waals surface area contributed by atoms with Gasteiger partial charge in [-0.15, -0.1) is 0 Å². The smallest absolute Gasteiger partial charge is 0.322 e. The summed E-state index contributed by atoms with van der Waals surface area (Å²) in [6, 6.07) is 0. The quantitative estimate of drug-likeness (QED) is 0.262. The van der Waals surface area contributed by atoms with E-state index >= 15 is 0 Å². The Morgan fingerprint density at radius 2 is 1.32 bits per heavy atom. The molecule has 0 aromatic carbocycles. The predicted octanol–water partition coefficient (Wildman–Crippen LogP) is 6.72. The van der Waals surface area contributed by atoms with Crippen LogP contribution >= 0.6 is 24.3 Å². The normalized spacial score (nSPS) is 34.0. The summed E-state index contributed by atoms with van der Waals surface area (Å²) in [5.74, 6) is -0.793. The maximum Gasteiger partial charge on any atom is 0.322 e. The maximum atomic E-state index is 13.0. The molecule has 28 heavy (non-hydrogen) atoms. The lowest BCUT2D eigenvalue weighted by molar-refractivity contribution is -0.153. The number of carbonyl (C=O) groups is 2. The van der Waals surface area contributed by atoms with E-state index < -0.39 is 7.92 Å². The molecule has 0 N–H and O–H groups in total. The fourth-order valence-corrected chi connectivity index (χ4v) is 15.8. The molecule has 1 fully saturated rings. The molecule has 0 aliphatic carbocycles. The van der Waals surface area contributed by atoms with E-state index in [1.165, 1.54) is 26.5 Å². The first-order valence-corrected chi connectivity index (χ1v) is 13.7. The molecule has 2 unspecified atom stereocenters. The first-order valence-electron chi connectivity index (χ1n) is 10.5. The maximum absolute atomic E-state index is 13.0. The summed E-state index contributed by atoms with van der Waals surface area (Å²) in [7, 11) is 1.80. The number of cyclic esters (lactones) is 2. The van der Waals surface area contributed by atoms with E-state index in [4.69, 9.17) is 4.74 Å². The average molecular weight is 440 g/mol. The van der Waals surface area contributed by atoms with E-state index in [1.807, 2.05) is 0 Å². The lowest BCUT2D eigenvalue weighted by Crippen LogP contribution is -2.55. The summed E-state index contributed by atoms with van der Waals surface area (Å²) in [6.07, 6.45) is 3.08. The van der Waals surface area contributed by atoms with Crippen molar-refractivity contribution in [2.24, 2.45) is 22.2 Å². The van der Waals surface area contributed by atoms with Crippen molar-refractivity contribution >= 4 is 46.3 Å². The number of esters is 2. The van der Waals surface area contributed by atoms with Gasteiger partial charge in [-0.3, -0.25) is 9.59 Å². The molecule has 4 aliphatic heterocycles. The zero-order valence-corrected chi connectivity index (χ0v) is 21.5. The van der Waals surface area contributed by atoms with Gasteiger partial charge in [-0.25, -0.2) is 0 Å². The van der Waals surface area contributed by atoms with Gasteiger partial charge in [0.1, 0.15) is 5.66 Å². The number of rotatable bonds is 6. The summed E-state index contributed by atoms with van der Waals surface area (Å²) in [5, 5.41) is 3.05. The number of hydrogen-bond acceptors (Lipinski definition) is 3. The molecule has 0 spiro atoms. The number of hydrogen-bond donors (Lipinski definition) is 0. The van der Waals surface area contributed by atoms with Gasteiger partial charge in [-0.05, 0) is 53.5 Å². The van der Waals surface area contributed by atoms with Crippen LogP contribution in [-0.2, 0) is 14.3 Å². The van der Waals surface area contributed by atoms with Crippen LogP contribution in [0.15, 0.2) is 0 Å². The first kappa shape index (κ1) is 22.6. The van der Waals surface area contributed by atoms with Crippen LogP contribution in [0.3, 0.4) is 0 Å². The third kappa shape index (κ3) is 2.94. The van der Waals surface area contributed by atoms with Gasteiger partial charge in [0.05, 0.1) is 10.8 Å². The van der Waals surface area contributed by atoms with E-state index in [2.05, 4.69) is 62.3 Å². The standard InChI is InChI=1S/C22H35O3P3/c1-10-19(4,5)17-26-22(21(8,9)12-3)13-14(16(24)25-15(13)23)28(17)18(27-22)20(6,7)11-2/h13-14H,10-12H2,1-9H3. The van der Waals surface area contributed by atoms with E-state index in [0.717, 1.165) is 19.3 Å². The minimum absolute atomic E-state index is 0.0598. The van der Waals surface area contributed by atoms with Crippen molar-refractivity contribution in [1.29, 1.82) is 0 Å². The third-order valence-electron chi connectivity index (χ3n) is 7.59. The Labute approximate surface area is 175 Å². The molecule has 0 aromatic heterocycles. The minimum atomic E-state index is -0.795. The van der Waals surface area contributed by atoms with Crippen molar-refractivity contribution in [3.05, 3.63) is 0 Å². The van der Waals surface area contributed by atoms with Gasteiger partial charge in [0.15, 0.2) is 0 Å². The van der Waals surface area contributed by atoms with Crippen LogP contribution in [0, 0.1) is 22.2 Å². The SMILES string of the molecule is CCC(C)(C)C1=PC2(C(C)(C)CC)P=C(C(C)(C)CC)P1C1C(=O)OC(=O)C12. The van der Waals surface area contributed by atoms with Gasteiger partial charge in [0.2, 0.25) is 0 Å². The van der Waals surface area contributed by atoms with E-state index in [0.29, 0.717) is 0 Å². The molecule has 4 rings (SSSR count). The van der Waals surface area contributed by atoms with Crippen molar-refractivity contribution in [3.8, 4) is 0 Å². The van der Waals surface area contributed by atoms with Crippen LogP contribution in [0.2, 0.25) is 0 Å². The van der Waals surface area contributed by atoms with Crippen LogP contribution in [0.1, 0.15) is 81.6 Å². The highest BCUT2D eigenvalue weighted by Crippen LogP contribution is 2.78. The number of carbonyl (C=O) groups excluding carboxylic acids is 2. The number of ether oxygens (including phenoxy) is 1. The lowest BCUT2D eigenvalue weighted by atomic mass is 9.78. The molecule has 0 radical (unpaired) electrons. The van der Waals surface area contributed by atoms with Crippen molar-refractivity contribution in [2.45, 2.75) is 92.1 Å².